The third-order valence-electron chi connectivity index (χ3n) is 1.50. The van der Waals surface area contributed by atoms with Crippen molar-refractivity contribution < 1.29 is 4.52 Å². The second-order valence-corrected chi connectivity index (χ2v) is 2.11. The third-order valence-corrected chi connectivity index (χ3v) is 1.50. The van der Waals surface area contributed by atoms with Crippen LogP contribution in [-0.4, -0.2) is 11.4 Å². The van der Waals surface area contributed by atoms with Gasteiger partial charge in [0.05, 0.1) is 12.3 Å². The molecule has 0 bridgehead atoms. The number of nitrogens with zero attached hydrogens (tertiary/aromatic N) is 2. The zero-order chi connectivity index (χ0) is 6.27. The van der Waals surface area contributed by atoms with Crippen molar-refractivity contribution in [3.63, 3.8) is 0 Å². The molecule has 1 atom stereocenters. The minimum atomic E-state index is 0.242. The summed E-state index contributed by atoms with van der Waals surface area (Å²) in [5.74, 6) is 0. The molecule has 0 saturated carbocycles. The van der Waals surface area contributed by atoms with Crippen LogP contribution < -0.4 is 0 Å². The van der Waals surface area contributed by atoms with Gasteiger partial charge in [0.2, 0.25) is 0 Å². The SMILES string of the molecule is CC1N=Cc2nocc21. The molecule has 9 heavy (non-hydrogen) atoms. The second-order valence-electron chi connectivity index (χ2n) is 2.11. The summed E-state index contributed by atoms with van der Waals surface area (Å²) in [7, 11) is 0. The molecular weight excluding hydrogens is 116 g/mol. The fourth-order valence-electron chi connectivity index (χ4n) is 0.926. The molecule has 2 heterocycles. The first kappa shape index (κ1) is 4.73. The fourth-order valence-corrected chi connectivity index (χ4v) is 0.926. The van der Waals surface area contributed by atoms with E-state index in [1.165, 1.54) is 0 Å². The molecule has 46 valence electrons. The number of hydrogen-bond donors (Lipinski definition) is 0. The largest absolute Gasteiger partial charge is 0.364 e. The van der Waals surface area contributed by atoms with Crippen LogP contribution in [0.3, 0.4) is 0 Å². The van der Waals surface area contributed by atoms with E-state index >= 15 is 0 Å². The van der Waals surface area contributed by atoms with Gasteiger partial charge in [-0.3, -0.25) is 4.99 Å². The summed E-state index contributed by atoms with van der Waals surface area (Å²) in [4.78, 5) is 4.12. The van der Waals surface area contributed by atoms with E-state index in [9.17, 15) is 0 Å². The van der Waals surface area contributed by atoms with Crippen LogP contribution in [0.1, 0.15) is 24.2 Å². The monoisotopic (exact) mass is 122 g/mol. The highest BCUT2D eigenvalue weighted by molar-refractivity contribution is 5.82. The van der Waals surface area contributed by atoms with Gasteiger partial charge in [-0.05, 0) is 6.92 Å². The molecular formula is C6H6N2O. The lowest BCUT2D eigenvalue weighted by atomic mass is 10.2. The molecule has 1 aliphatic rings. The second kappa shape index (κ2) is 1.43. The Bertz CT molecular complexity index is 251. The third kappa shape index (κ3) is 0.512. The lowest BCUT2D eigenvalue weighted by Gasteiger charge is -1.91. The summed E-state index contributed by atoms with van der Waals surface area (Å²) in [5.41, 5.74) is 1.97. The molecule has 0 N–H and O–H groups in total. The average Bonchev–Trinajstić information content (AvgIpc) is 2.35. The standard InChI is InChI=1S/C6H6N2O/c1-4-5-3-9-8-6(5)2-7-4/h2-4H,1H3. The zero-order valence-electron chi connectivity index (χ0n) is 5.03. The maximum absolute atomic E-state index is 4.72. The van der Waals surface area contributed by atoms with Crippen molar-refractivity contribution in [3.8, 4) is 0 Å². The molecule has 0 saturated heterocycles. The summed E-state index contributed by atoms with van der Waals surface area (Å²) in [6, 6.07) is 0.242. The van der Waals surface area contributed by atoms with E-state index in [1.54, 1.807) is 12.5 Å². The van der Waals surface area contributed by atoms with Crippen molar-refractivity contribution >= 4 is 6.21 Å². The van der Waals surface area contributed by atoms with E-state index in [0.717, 1.165) is 11.3 Å². The van der Waals surface area contributed by atoms with Crippen LogP contribution in [0.2, 0.25) is 0 Å². The number of fused-ring (bicyclic) bond motifs is 1. The van der Waals surface area contributed by atoms with Gasteiger partial charge in [0.25, 0.3) is 0 Å². The maximum atomic E-state index is 4.72. The first-order chi connectivity index (χ1) is 4.38. The highest BCUT2D eigenvalue weighted by Gasteiger charge is 2.16. The summed E-state index contributed by atoms with van der Waals surface area (Å²) < 4.78 is 4.72. The van der Waals surface area contributed by atoms with Crippen LogP contribution in [-0.2, 0) is 0 Å². The topological polar surface area (TPSA) is 38.4 Å². The van der Waals surface area contributed by atoms with Crippen molar-refractivity contribution in [2.24, 2.45) is 4.99 Å². The summed E-state index contributed by atoms with van der Waals surface area (Å²) in [6.07, 6.45) is 3.39. The molecule has 1 unspecified atom stereocenters. The van der Waals surface area contributed by atoms with E-state index in [4.69, 9.17) is 4.52 Å². The zero-order valence-corrected chi connectivity index (χ0v) is 5.03. The predicted octanol–water partition coefficient (Wildman–Crippen LogP) is 1.17. The normalized spacial score (nSPS) is 22.6. The summed E-state index contributed by atoms with van der Waals surface area (Å²) in [5, 5.41) is 3.72. The van der Waals surface area contributed by atoms with Crippen molar-refractivity contribution in [3.05, 3.63) is 17.5 Å². The molecule has 3 heteroatoms. The van der Waals surface area contributed by atoms with Gasteiger partial charge in [-0.2, -0.15) is 0 Å². The maximum Gasteiger partial charge on any atom is 0.129 e. The molecule has 1 aromatic heterocycles. The van der Waals surface area contributed by atoms with Gasteiger partial charge in [0, 0.05) is 5.56 Å². The molecule has 0 radical (unpaired) electrons. The number of aromatic nitrogens is 1. The van der Waals surface area contributed by atoms with Gasteiger partial charge in [-0.15, -0.1) is 0 Å². The van der Waals surface area contributed by atoms with Gasteiger partial charge in [-0.1, -0.05) is 5.16 Å². The lowest BCUT2D eigenvalue weighted by Crippen LogP contribution is -1.80. The van der Waals surface area contributed by atoms with Crippen LogP contribution >= 0.6 is 0 Å². The molecule has 2 rings (SSSR count). The summed E-state index contributed by atoms with van der Waals surface area (Å²) in [6.45, 7) is 2.01. The van der Waals surface area contributed by atoms with Gasteiger partial charge in [0.15, 0.2) is 0 Å². The Morgan fingerprint density at radius 1 is 1.67 bits per heavy atom. The van der Waals surface area contributed by atoms with E-state index in [-0.39, 0.29) is 6.04 Å². The van der Waals surface area contributed by atoms with Crippen molar-refractivity contribution in [2.45, 2.75) is 13.0 Å². The average molecular weight is 122 g/mol. The van der Waals surface area contributed by atoms with Crippen LogP contribution in [0, 0.1) is 0 Å². The Hall–Kier alpha value is -1.12. The van der Waals surface area contributed by atoms with Crippen LogP contribution in [0.15, 0.2) is 15.8 Å². The Balaban J connectivity index is 2.60. The van der Waals surface area contributed by atoms with E-state index in [0.29, 0.717) is 0 Å². The predicted molar refractivity (Wildman–Crippen MR) is 32.5 cm³/mol. The molecule has 0 fully saturated rings. The first-order valence-electron chi connectivity index (χ1n) is 2.85. The van der Waals surface area contributed by atoms with Crippen LogP contribution in [0.5, 0.6) is 0 Å². The highest BCUT2D eigenvalue weighted by Crippen LogP contribution is 2.23. The van der Waals surface area contributed by atoms with Crippen LogP contribution in [0.4, 0.5) is 0 Å². The van der Waals surface area contributed by atoms with E-state index in [1.807, 2.05) is 6.92 Å². The Morgan fingerprint density at radius 2 is 2.56 bits per heavy atom. The molecule has 1 aliphatic heterocycles. The van der Waals surface area contributed by atoms with Gasteiger partial charge < -0.3 is 4.52 Å². The van der Waals surface area contributed by atoms with E-state index < -0.39 is 0 Å². The van der Waals surface area contributed by atoms with Gasteiger partial charge >= 0.3 is 0 Å². The Morgan fingerprint density at radius 3 is 3.33 bits per heavy atom. The number of hydrogen-bond acceptors (Lipinski definition) is 3. The Kier molecular flexibility index (Phi) is 0.754. The fraction of sp³-hybridized carbons (Fsp3) is 0.333. The molecule has 0 aliphatic carbocycles. The number of rotatable bonds is 0. The first-order valence-corrected chi connectivity index (χ1v) is 2.85. The van der Waals surface area contributed by atoms with Gasteiger partial charge in [0.1, 0.15) is 12.0 Å². The molecule has 0 amide bonds. The lowest BCUT2D eigenvalue weighted by molar-refractivity contribution is 0.416. The Labute approximate surface area is 52.4 Å². The molecule has 0 spiro atoms. The van der Waals surface area contributed by atoms with E-state index in [2.05, 4.69) is 10.1 Å². The highest BCUT2D eigenvalue weighted by atomic mass is 16.5. The smallest absolute Gasteiger partial charge is 0.129 e. The summed E-state index contributed by atoms with van der Waals surface area (Å²) >= 11 is 0. The van der Waals surface area contributed by atoms with Crippen molar-refractivity contribution in [2.75, 3.05) is 0 Å². The molecule has 1 aromatic rings. The number of aliphatic imine (C=N–C) groups is 1. The quantitative estimate of drug-likeness (QED) is 0.518. The molecule has 3 nitrogen and oxygen atoms in total. The van der Waals surface area contributed by atoms with Crippen LogP contribution in [0.25, 0.3) is 0 Å². The van der Waals surface area contributed by atoms with Crippen molar-refractivity contribution in [1.82, 2.24) is 5.16 Å². The minimum absolute atomic E-state index is 0.242. The molecule has 0 aromatic carbocycles. The minimum Gasteiger partial charge on any atom is -0.364 e. The van der Waals surface area contributed by atoms with Gasteiger partial charge in [-0.25, -0.2) is 0 Å². The van der Waals surface area contributed by atoms with Crippen molar-refractivity contribution in [1.29, 1.82) is 0 Å².